The molecule has 0 fully saturated rings. The van der Waals surface area contributed by atoms with Crippen LogP contribution >= 0.6 is 24.0 Å². The van der Waals surface area contributed by atoms with Gasteiger partial charge in [0.15, 0.2) is 5.96 Å². The monoisotopic (exact) mass is 467 g/mol. The topological polar surface area (TPSA) is 65.1 Å². The number of aliphatic imine (C=N–C) groups is 1. The SMILES string of the molecule is CN=C(NCCCc1nc2ccccc2[nH]1)NCc1ccc(F)cc1.I. The first kappa shape index (κ1) is 20.2. The van der Waals surface area contributed by atoms with E-state index in [1.807, 2.05) is 24.3 Å². The maximum Gasteiger partial charge on any atom is 0.191 e. The number of aryl methyl sites for hydroxylation is 1. The lowest BCUT2D eigenvalue weighted by Gasteiger charge is -2.11. The highest BCUT2D eigenvalue weighted by atomic mass is 127. The largest absolute Gasteiger partial charge is 0.356 e. The van der Waals surface area contributed by atoms with Crippen LogP contribution in [0.1, 0.15) is 17.8 Å². The number of fused-ring (bicyclic) bond motifs is 1. The van der Waals surface area contributed by atoms with Gasteiger partial charge in [-0.05, 0) is 36.2 Å². The number of nitrogens with one attached hydrogen (secondary N) is 3. The molecule has 0 aliphatic rings. The number of aromatic nitrogens is 2. The van der Waals surface area contributed by atoms with Crippen molar-refractivity contribution in [2.45, 2.75) is 19.4 Å². The number of H-pyrrole nitrogens is 1. The van der Waals surface area contributed by atoms with Crippen LogP contribution in [0.2, 0.25) is 0 Å². The van der Waals surface area contributed by atoms with Crippen molar-refractivity contribution >= 4 is 41.0 Å². The minimum absolute atomic E-state index is 0. The molecule has 1 heterocycles. The molecule has 5 nitrogen and oxygen atoms in total. The van der Waals surface area contributed by atoms with Crippen molar-refractivity contribution in [2.75, 3.05) is 13.6 Å². The molecule has 3 N–H and O–H groups in total. The van der Waals surface area contributed by atoms with Crippen molar-refractivity contribution < 1.29 is 4.39 Å². The van der Waals surface area contributed by atoms with Gasteiger partial charge in [-0.1, -0.05) is 24.3 Å². The summed E-state index contributed by atoms with van der Waals surface area (Å²) < 4.78 is 12.9. The van der Waals surface area contributed by atoms with E-state index in [4.69, 9.17) is 0 Å². The molecule has 0 aliphatic carbocycles. The zero-order chi connectivity index (χ0) is 17.5. The Morgan fingerprint density at radius 3 is 2.62 bits per heavy atom. The number of hydrogen-bond donors (Lipinski definition) is 3. The van der Waals surface area contributed by atoms with Gasteiger partial charge in [0.25, 0.3) is 0 Å². The van der Waals surface area contributed by atoms with Gasteiger partial charge in [0.2, 0.25) is 0 Å². The van der Waals surface area contributed by atoms with Gasteiger partial charge >= 0.3 is 0 Å². The van der Waals surface area contributed by atoms with Gasteiger partial charge in [0, 0.05) is 26.6 Å². The molecular weight excluding hydrogens is 444 g/mol. The summed E-state index contributed by atoms with van der Waals surface area (Å²) in [6.07, 6.45) is 1.81. The first-order valence-corrected chi connectivity index (χ1v) is 8.37. The van der Waals surface area contributed by atoms with Gasteiger partial charge in [0.05, 0.1) is 11.0 Å². The van der Waals surface area contributed by atoms with E-state index in [2.05, 4.69) is 25.6 Å². The number of aromatic amines is 1. The summed E-state index contributed by atoms with van der Waals surface area (Å²) in [6, 6.07) is 14.5. The Labute approximate surface area is 169 Å². The Kier molecular flexibility index (Phi) is 7.83. The van der Waals surface area contributed by atoms with Crippen LogP contribution in [-0.4, -0.2) is 29.5 Å². The number of rotatable bonds is 6. The normalized spacial score (nSPS) is 11.2. The highest BCUT2D eigenvalue weighted by Gasteiger charge is 2.02. The van der Waals surface area contributed by atoms with E-state index >= 15 is 0 Å². The molecule has 0 atom stereocenters. The molecule has 0 radical (unpaired) electrons. The van der Waals surface area contributed by atoms with E-state index in [0.717, 1.165) is 47.8 Å². The van der Waals surface area contributed by atoms with Crippen LogP contribution in [0.25, 0.3) is 11.0 Å². The van der Waals surface area contributed by atoms with Gasteiger partial charge in [-0.15, -0.1) is 24.0 Å². The second-order valence-corrected chi connectivity index (χ2v) is 5.78. The zero-order valence-electron chi connectivity index (χ0n) is 14.6. The van der Waals surface area contributed by atoms with Gasteiger partial charge < -0.3 is 15.6 Å². The average Bonchev–Trinajstić information content (AvgIpc) is 3.05. The fourth-order valence-corrected chi connectivity index (χ4v) is 2.60. The molecule has 26 heavy (non-hydrogen) atoms. The van der Waals surface area contributed by atoms with Crippen molar-refractivity contribution in [3.63, 3.8) is 0 Å². The maximum atomic E-state index is 12.9. The molecule has 1 aromatic heterocycles. The Hall–Kier alpha value is -2.16. The van der Waals surface area contributed by atoms with Crippen LogP contribution in [0.5, 0.6) is 0 Å². The smallest absolute Gasteiger partial charge is 0.191 e. The zero-order valence-corrected chi connectivity index (χ0v) is 17.0. The fourth-order valence-electron chi connectivity index (χ4n) is 2.60. The van der Waals surface area contributed by atoms with E-state index in [1.54, 1.807) is 19.2 Å². The minimum atomic E-state index is -0.225. The summed E-state index contributed by atoms with van der Waals surface area (Å²) in [5.74, 6) is 1.50. The Morgan fingerprint density at radius 2 is 1.88 bits per heavy atom. The summed E-state index contributed by atoms with van der Waals surface area (Å²) in [4.78, 5) is 12.1. The third-order valence-corrected chi connectivity index (χ3v) is 3.92. The van der Waals surface area contributed by atoms with Crippen molar-refractivity contribution in [3.05, 3.63) is 65.7 Å². The van der Waals surface area contributed by atoms with Crippen LogP contribution in [0, 0.1) is 5.82 Å². The highest BCUT2D eigenvalue weighted by molar-refractivity contribution is 14.0. The third-order valence-electron chi connectivity index (χ3n) is 3.92. The molecule has 138 valence electrons. The Morgan fingerprint density at radius 1 is 1.12 bits per heavy atom. The van der Waals surface area contributed by atoms with Crippen LogP contribution in [0.4, 0.5) is 4.39 Å². The van der Waals surface area contributed by atoms with E-state index in [1.165, 1.54) is 12.1 Å². The fraction of sp³-hybridized carbons (Fsp3) is 0.263. The molecule has 7 heteroatoms. The van der Waals surface area contributed by atoms with Gasteiger partial charge in [-0.2, -0.15) is 0 Å². The first-order chi connectivity index (χ1) is 12.2. The molecule has 0 unspecified atom stereocenters. The summed E-state index contributed by atoms with van der Waals surface area (Å²) in [5.41, 5.74) is 3.08. The molecule has 0 bridgehead atoms. The maximum absolute atomic E-state index is 12.9. The van der Waals surface area contributed by atoms with Crippen LogP contribution < -0.4 is 10.6 Å². The summed E-state index contributed by atoms with van der Waals surface area (Å²) in [7, 11) is 1.74. The van der Waals surface area contributed by atoms with Crippen molar-refractivity contribution in [1.29, 1.82) is 0 Å². The molecule has 3 aromatic rings. The predicted octanol–water partition coefficient (Wildman–Crippen LogP) is 3.62. The quantitative estimate of drug-likeness (QED) is 0.225. The lowest BCUT2D eigenvalue weighted by atomic mass is 10.2. The summed E-state index contributed by atoms with van der Waals surface area (Å²) in [6.45, 7) is 1.39. The Balaban J connectivity index is 0.00000243. The molecular formula is C19H23FIN5. The van der Waals surface area contributed by atoms with Gasteiger partial charge in [-0.3, -0.25) is 4.99 Å². The lowest BCUT2D eigenvalue weighted by molar-refractivity contribution is 0.626. The lowest BCUT2D eigenvalue weighted by Crippen LogP contribution is -2.37. The number of imidazole rings is 1. The average molecular weight is 467 g/mol. The molecule has 0 saturated carbocycles. The van der Waals surface area contributed by atoms with Crippen molar-refractivity contribution in [1.82, 2.24) is 20.6 Å². The Bertz CT molecular complexity index is 812. The summed E-state index contributed by atoms with van der Waals surface area (Å²) >= 11 is 0. The first-order valence-electron chi connectivity index (χ1n) is 8.37. The van der Waals surface area contributed by atoms with E-state index in [-0.39, 0.29) is 29.8 Å². The van der Waals surface area contributed by atoms with Crippen LogP contribution in [-0.2, 0) is 13.0 Å². The van der Waals surface area contributed by atoms with E-state index < -0.39 is 0 Å². The number of halogens is 2. The predicted molar refractivity (Wildman–Crippen MR) is 114 cm³/mol. The molecule has 0 spiro atoms. The number of hydrogen-bond acceptors (Lipinski definition) is 2. The standard InChI is InChI=1S/C19H22FN5.HI/c1-21-19(23-13-14-8-10-15(20)11-9-14)22-12-4-7-18-24-16-5-2-3-6-17(16)25-18;/h2-3,5-6,8-11H,4,7,12-13H2,1H3,(H,24,25)(H2,21,22,23);1H. The molecule has 0 saturated heterocycles. The second kappa shape index (κ2) is 10.1. The van der Waals surface area contributed by atoms with Crippen LogP contribution in [0.15, 0.2) is 53.5 Å². The van der Waals surface area contributed by atoms with Gasteiger partial charge in [-0.25, -0.2) is 9.37 Å². The second-order valence-electron chi connectivity index (χ2n) is 5.78. The van der Waals surface area contributed by atoms with Crippen molar-refractivity contribution in [2.24, 2.45) is 4.99 Å². The third kappa shape index (κ3) is 5.69. The summed E-state index contributed by atoms with van der Waals surface area (Å²) in [5, 5.41) is 6.50. The van der Waals surface area contributed by atoms with Gasteiger partial charge in [0.1, 0.15) is 11.6 Å². The van der Waals surface area contributed by atoms with E-state index in [9.17, 15) is 4.39 Å². The number of nitrogens with zero attached hydrogens (tertiary/aromatic N) is 2. The van der Waals surface area contributed by atoms with E-state index in [0.29, 0.717) is 6.54 Å². The van der Waals surface area contributed by atoms with Crippen molar-refractivity contribution in [3.8, 4) is 0 Å². The van der Waals surface area contributed by atoms with Crippen LogP contribution in [0.3, 0.4) is 0 Å². The number of benzene rings is 2. The minimum Gasteiger partial charge on any atom is -0.356 e. The molecule has 2 aromatic carbocycles. The highest BCUT2D eigenvalue weighted by Crippen LogP contribution is 2.11. The molecule has 0 amide bonds. The number of guanidine groups is 1. The number of para-hydroxylation sites is 2. The molecule has 0 aliphatic heterocycles. The molecule has 3 rings (SSSR count).